The number of nitrogens with two attached hydrogens (primary N) is 1. The lowest BCUT2D eigenvalue weighted by Gasteiger charge is -2.09. The van der Waals surface area contributed by atoms with E-state index in [1.54, 1.807) is 19.1 Å². The van der Waals surface area contributed by atoms with E-state index in [0.717, 1.165) is 0 Å². The molecule has 0 fully saturated rings. The van der Waals surface area contributed by atoms with Gasteiger partial charge in [-0.05, 0) is 19.1 Å². The van der Waals surface area contributed by atoms with Gasteiger partial charge >= 0.3 is 6.18 Å². The fraction of sp³-hybridized carbons (Fsp3) is 0.500. The molecule has 0 aliphatic heterocycles. The van der Waals surface area contributed by atoms with Crippen molar-refractivity contribution in [3.8, 4) is 5.75 Å². The molecule has 1 aromatic rings. The number of halogens is 3. The van der Waals surface area contributed by atoms with Crippen molar-refractivity contribution >= 4 is 0 Å². The average Bonchev–Trinajstić information content (AvgIpc) is 2.16. The summed E-state index contributed by atoms with van der Waals surface area (Å²) in [6.45, 7) is 1.37. The normalized spacial score (nSPS) is 13.6. The van der Waals surface area contributed by atoms with Gasteiger partial charge in [0.05, 0.1) is 24.9 Å². The second-order valence-corrected chi connectivity index (χ2v) is 3.42. The first-order valence-corrected chi connectivity index (χ1v) is 4.79. The fourth-order valence-electron chi connectivity index (χ4n) is 1.03. The lowest BCUT2D eigenvalue weighted by atomic mass is 10.2. The Morgan fingerprint density at radius 3 is 2.56 bits per heavy atom. The van der Waals surface area contributed by atoms with Crippen LogP contribution in [0.2, 0.25) is 0 Å². The molecule has 0 saturated carbocycles. The number of hydrogen-bond acceptors (Lipinski definition) is 3. The Bertz CT molecular complexity index is 322. The predicted molar refractivity (Wildman–Crippen MR) is 53.0 cm³/mol. The van der Waals surface area contributed by atoms with Gasteiger partial charge in [0, 0.05) is 6.04 Å². The molecule has 0 radical (unpaired) electrons. The second kappa shape index (κ2) is 5.16. The van der Waals surface area contributed by atoms with Crippen LogP contribution in [-0.2, 0) is 0 Å². The standard InChI is InChI=1S/C10H13F3N2O/c1-7(14)9-3-2-8(6-15-9)16-5-4-10(11,12)13/h2-3,6-7H,4-5,14H2,1H3/t7-/m0/s1. The number of rotatable bonds is 4. The van der Waals surface area contributed by atoms with Gasteiger partial charge in [0.15, 0.2) is 0 Å². The average molecular weight is 234 g/mol. The van der Waals surface area contributed by atoms with Crippen molar-refractivity contribution in [1.29, 1.82) is 0 Å². The number of alkyl halides is 3. The Morgan fingerprint density at radius 1 is 1.44 bits per heavy atom. The molecule has 1 rings (SSSR count). The third-order valence-electron chi connectivity index (χ3n) is 1.88. The molecule has 6 heteroatoms. The first-order chi connectivity index (χ1) is 7.38. The lowest BCUT2D eigenvalue weighted by molar-refractivity contribution is -0.139. The van der Waals surface area contributed by atoms with E-state index in [1.807, 2.05) is 0 Å². The number of aromatic nitrogens is 1. The third kappa shape index (κ3) is 4.48. The summed E-state index contributed by atoms with van der Waals surface area (Å²) in [5.74, 6) is 0.314. The largest absolute Gasteiger partial charge is 0.492 e. The van der Waals surface area contributed by atoms with Crippen molar-refractivity contribution in [1.82, 2.24) is 4.98 Å². The second-order valence-electron chi connectivity index (χ2n) is 3.42. The highest BCUT2D eigenvalue weighted by atomic mass is 19.4. The van der Waals surface area contributed by atoms with Crippen molar-refractivity contribution in [3.05, 3.63) is 24.0 Å². The number of pyridine rings is 1. The van der Waals surface area contributed by atoms with Crippen LogP contribution in [0.1, 0.15) is 25.1 Å². The van der Waals surface area contributed by atoms with Crippen LogP contribution >= 0.6 is 0 Å². The van der Waals surface area contributed by atoms with Crippen molar-refractivity contribution < 1.29 is 17.9 Å². The van der Waals surface area contributed by atoms with E-state index in [1.165, 1.54) is 6.20 Å². The molecule has 0 saturated heterocycles. The molecule has 1 heterocycles. The first-order valence-electron chi connectivity index (χ1n) is 4.79. The van der Waals surface area contributed by atoms with Crippen molar-refractivity contribution in [2.24, 2.45) is 5.73 Å². The lowest BCUT2D eigenvalue weighted by Crippen LogP contribution is -2.13. The molecule has 0 bridgehead atoms. The summed E-state index contributed by atoms with van der Waals surface area (Å²) >= 11 is 0. The maximum absolute atomic E-state index is 11.8. The Kier molecular flexibility index (Phi) is 4.12. The highest BCUT2D eigenvalue weighted by Crippen LogP contribution is 2.20. The molecule has 1 aromatic heterocycles. The number of nitrogens with zero attached hydrogens (tertiary/aromatic N) is 1. The Hall–Kier alpha value is -1.30. The molecule has 0 amide bonds. The molecular weight excluding hydrogens is 221 g/mol. The summed E-state index contributed by atoms with van der Waals surface area (Å²) < 4.78 is 40.3. The topological polar surface area (TPSA) is 48.1 Å². The summed E-state index contributed by atoms with van der Waals surface area (Å²) in [4.78, 5) is 3.96. The van der Waals surface area contributed by atoms with Crippen molar-refractivity contribution in [2.75, 3.05) is 6.61 Å². The SMILES string of the molecule is C[C@H](N)c1ccc(OCCC(F)(F)F)cn1. The zero-order valence-corrected chi connectivity index (χ0v) is 8.79. The summed E-state index contributed by atoms with van der Waals surface area (Å²) in [6, 6.07) is 2.99. The predicted octanol–water partition coefficient (Wildman–Crippen LogP) is 2.43. The summed E-state index contributed by atoms with van der Waals surface area (Å²) in [7, 11) is 0. The van der Waals surface area contributed by atoms with Crippen molar-refractivity contribution in [3.63, 3.8) is 0 Å². The molecule has 0 aromatic carbocycles. The Balaban J connectivity index is 2.44. The van der Waals surface area contributed by atoms with Crippen LogP contribution in [0.25, 0.3) is 0 Å². The van der Waals surface area contributed by atoms with E-state index in [2.05, 4.69) is 4.98 Å². The van der Waals surface area contributed by atoms with Crippen LogP contribution in [0.3, 0.4) is 0 Å². The molecule has 90 valence electrons. The molecule has 1 atom stereocenters. The zero-order chi connectivity index (χ0) is 12.2. The highest BCUT2D eigenvalue weighted by molar-refractivity contribution is 5.21. The van der Waals surface area contributed by atoms with Gasteiger partial charge in [0.1, 0.15) is 5.75 Å². The van der Waals surface area contributed by atoms with Gasteiger partial charge in [0.2, 0.25) is 0 Å². The van der Waals surface area contributed by atoms with Crippen LogP contribution in [-0.4, -0.2) is 17.8 Å². The fourth-order valence-corrected chi connectivity index (χ4v) is 1.03. The molecule has 0 unspecified atom stereocenters. The molecule has 0 aliphatic carbocycles. The van der Waals surface area contributed by atoms with Gasteiger partial charge in [-0.1, -0.05) is 0 Å². The first kappa shape index (κ1) is 12.8. The third-order valence-corrected chi connectivity index (χ3v) is 1.88. The van der Waals surface area contributed by atoms with E-state index >= 15 is 0 Å². The van der Waals surface area contributed by atoms with E-state index in [0.29, 0.717) is 11.4 Å². The monoisotopic (exact) mass is 234 g/mol. The molecule has 0 aliphatic rings. The Morgan fingerprint density at radius 2 is 2.12 bits per heavy atom. The summed E-state index contributed by atoms with van der Waals surface area (Å²) in [6.07, 6.45) is -3.80. The van der Waals surface area contributed by atoms with Crippen LogP contribution in [0.4, 0.5) is 13.2 Å². The maximum atomic E-state index is 11.8. The smallest absolute Gasteiger partial charge is 0.392 e. The molecule has 2 N–H and O–H groups in total. The van der Waals surface area contributed by atoms with Gasteiger partial charge < -0.3 is 10.5 Å². The molecule has 16 heavy (non-hydrogen) atoms. The summed E-state index contributed by atoms with van der Waals surface area (Å²) in [5.41, 5.74) is 6.24. The van der Waals surface area contributed by atoms with Crippen molar-refractivity contribution in [2.45, 2.75) is 25.6 Å². The van der Waals surface area contributed by atoms with Gasteiger partial charge in [0.25, 0.3) is 0 Å². The minimum Gasteiger partial charge on any atom is -0.492 e. The molecule has 0 spiro atoms. The van der Waals surface area contributed by atoms with E-state index in [4.69, 9.17) is 10.5 Å². The number of ether oxygens (including phenoxy) is 1. The van der Waals surface area contributed by atoms with Crippen LogP contribution in [0.15, 0.2) is 18.3 Å². The van der Waals surface area contributed by atoms with Crippen LogP contribution < -0.4 is 10.5 Å². The van der Waals surface area contributed by atoms with Crippen LogP contribution in [0, 0.1) is 0 Å². The highest BCUT2D eigenvalue weighted by Gasteiger charge is 2.26. The van der Waals surface area contributed by atoms with Gasteiger partial charge in [-0.3, -0.25) is 4.98 Å². The Labute approximate surface area is 91.4 Å². The van der Waals surface area contributed by atoms with Gasteiger partial charge in [-0.15, -0.1) is 0 Å². The number of hydrogen-bond donors (Lipinski definition) is 1. The minimum atomic E-state index is -4.20. The maximum Gasteiger partial charge on any atom is 0.392 e. The zero-order valence-electron chi connectivity index (χ0n) is 8.79. The van der Waals surface area contributed by atoms with Gasteiger partial charge in [-0.25, -0.2) is 0 Å². The summed E-state index contributed by atoms with van der Waals surface area (Å²) in [5, 5.41) is 0. The van der Waals surface area contributed by atoms with E-state index in [9.17, 15) is 13.2 Å². The minimum absolute atomic E-state index is 0.204. The molecule has 3 nitrogen and oxygen atoms in total. The van der Waals surface area contributed by atoms with Crippen LogP contribution in [0.5, 0.6) is 5.75 Å². The quantitative estimate of drug-likeness (QED) is 0.870. The van der Waals surface area contributed by atoms with E-state index < -0.39 is 19.2 Å². The van der Waals surface area contributed by atoms with Gasteiger partial charge in [-0.2, -0.15) is 13.2 Å². The van der Waals surface area contributed by atoms with E-state index in [-0.39, 0.29) is 6.04 Å². The molecular formula is C10H13F3N2O.